The maximum Gasteiger partial charge on any atom is -0.0133 e. The molecule has 0 saturated heterocycles. The zero-order valence-electron chi connectivity index (χ0n) is 14.1. The summed E-state index contributed by atoms with van der Waals surface area (Å²) < 4.78 is 0. The summed E-state index contributed by atoms with van der Waals surface area (Å²) in [7, 11) is 0. The highest BCUT2D eigenvalue weighted by Gasteiger charge is 2.39. The molecular weight excluding hydrogens is 240 g/mol. The smallest absolute Gasteiger partial charge is 0.0133 e. The largest absolute Gasteiger partial charge is 0.0853 e. The van der Waals surface area contributed by atoms with E-state index in [1.165, 1.54) is 38.5 Å². The van der Waals surface area contributed by atoms with Crippen LogP contribution in [0.4, 0.5) is 0 Å². The van der Waals surface area contributed by atoms with Crippen molar-refractivity contribution in [2.24, 2.45) is 17.3 Å². The minimum absolute atomic E-state index is 0.472. The summed E-state index contributed by atoms with van der Waals surface area (Å²) >= 11 is 0. The highest BCUT2D eigenvalue weighted by Crippen LogP contribution is 2.49. The molecule has 0 aliphatic heterocycles. The van der Waals surface area contributed by atoms with Crippen LogP contribution >= 0.6 is 0 Å². The third-order valence-corrected chi connectivity index (χ3v) is 6.18. The number of rotatable bonds is 0. The van der Waals surface area contributed by atoms with E-state index < -0.39 is 0 Å². The lowest BCUT2D eigenvalue weighted by molar-refractivity contribution is 0.110. The topological polar surface area (TPSA) is 0 Å². The van der Waals surface area contributed by atoms with Crippen LogP contribution in [0.25, 0.3) is 0 Å². The van der Waals surface area contributed by atoms with Crippen molar-refractivity contribution in [3.8, 4) is 0 Å². The number of allylic oxidation sites excluding steroid dienone is 6. The van der Waals surface area contributed by atoms with Crippen molar-refractivity contribution in [1.29, 1.82) is 0 Å². The van der Waals surface area contributed by atoms with Gasteiger partial charge in [0, 0.05) is 0 Å². The van der Waals surface area contributed by atoms with Gasteiger partial charge in [-0.3, -0.25) is 0 Å². The number of hydrogen-bond acceptors (Lipinski definition) is 0. The van der Waals surface area contributed by atoms with E-state index in [4.69, 9.17) is 0 Å². The molecule has 0 spiro atoms. The molecule has 0 nitrogen and oxygen atoms in total. The molecule has 3 unspecified atom stereocenters. The first-order valence-corrected chi connectivity index (χ1v) is 8.43. The quantitative estimate of drug-likeness (QED) is 0.444. The standard InChI is InChI=1S/C20H32/c1-15-7-6-8-16(2)13-14-20(5)17(3)10-12-19(11-9-15)18(20)4/h8-9,12,17-18H,6-7,10-11,13-14H2,1-5H3. The van der Waals surface area contributed by atoms with E-state index in [1.54, 1.807) is 16.7 Å². The van der Waals surface area contributed by atoms with Crippen LogP contribution in [0, 0.1) is 17.3 Å². The van der Waals surface area contributed by atoms with Crippen molar-refractivity contribution in [2.45, 2.75) is 73.1 Å². The van der Waals surface area contributed by atoms with Gasteiger partial charge in [-0.2, -0.15) is 0 Å². The fourth-order valence-electron chi connectivity index (χ4n) is 3.86. The van der Waals surface area contributed by atoms with Gasteiger partial charge in [0.05, 0.1) is 0 Å². The van der Waals surface area contributed by atoms with Gasteiger partial charge < -0.3 is 0 Å². The average molecular weight is 272 g/mol. The molecule has 0 N–H and O–H groups in total. The first kappa shape index (κ1) is 15.6. The van der Waals surface area contributed by atoms with Crippen LogP contribution in [0.2, 0.25) is 0 Å². The molecule has 2 aliphatic rings. The summed E-state index contributed by atoms with van der Waals surface area (Å²) in [5.74, 6) is 1.53. The number of hydrogen-bond donors (Lipinski definition) is 0. The molecule has 0 amide bonds. The van der Waals surface area contributed by atoms with Crippen LogP contribution < -0.4 is 0 Å². The molecule has 112 valence electrons. The first-order chi connectivity index (χ1) is 9.43. The zero-order valence-corrected chi connectivity index (χ0v) is 14.1. The molecule has 0 radical (unpaired) electrons. The number of fused-ring (bicyclic) bond motifs is 2. The van der Waals surface area contributed by atoms with Gasteiger partial charge >= 0.3 is 0 Å². The molecule has 2 rings (SSSR count). The predicted molar refractivity (Wildman–Crippen MR) is 89.7 cm³/mol. The average Bonchev–Trinajstić information content (AvgIpc) is 2.41. The lowest BCUT2D eigenvalue weighted by atomic mass is 9.59. The van der Waals surface area contributed by atoms with Crippen molar-refractivity contribution >= 4 is 0 Å². The van der Waals surface area contributed by atoms with Gasteiger partial charge in [0.2, 0.25) is 0 Å². The summed E-state index contributed by atoms with van der Waals surface area (Å²) in [6, 6.07) is 0. The van der Waals surface area contributed by atoms with E-state index in [0.717, 1.165) is 11.8 Å². The van der Waals surface area contributed by atoms with Crippen LogP contribution in [0.3, 0.4) is 0 Å². The fraction of sp³-hybridized carbons (Fsp3) is 0.700. The van der Waals surface area contributed by atoms with Gasteiger partial charge in [-0.25, -0.2) is 0 Å². The van der Waals surface area contributed by atoms with Gasteiger partial charge in [0.15, 0.2) is 0 Å². The second-order valence-corrected chi connectivity index (χ2v) is 7.49. The highest BCUT2D eigenvalue weighted by molar-refractivity contribution is 5.21. The molecule has 3 atom stereocenters. The SMILES string of the molecule is CC1=CCC2=CCC(C)C(C)(CCC(C)=CCC1)C2C. The van der Waals surface area contributed by atoms with E-state index in [0.29, 0.717) is 5.41 Å². The van der Waals surface area contributed by atoms with E-state index in [2.05, 4.69) is 52.8 Å². The predicted octanol–water partition coefficient (Wildman–Crippen LogP) is 6.45. The molecular formula is C20H32. The van der Waals surface area contributed by atoms with Gasteiger partial charge in [-0.15, -0.1) is 0 Å². The Balaban J connectivity index is 2.30. The molecule has 0 aromatic carbocycles. The molecule has 20 heavy (non-hydrogen) atoms. The maximum absolute atomic E-state index is 2.54. The van der Waals surface area contributed by atoms with Crippen LogP contribution in [-0.4, -0.2) is 0 Å². The summed E-state index contributed by atoms with van der Waals surface area (Å²) in [4.78, 5) is 0. The molecule has 0 heteroatoms. The molecule has 0 heterocycles. The van der Waals surface area contributed by atoms with Gasteiger partial charge in [-0.05, 0) is 69.6 Å². The van der Waals surface area contributed by atoms with E-state index in [-0.39, 0.29) is 0 Å². The summed E-state index contributed by atoms with van der Waals surface area (Å²) in [5.41, 5.74) is 5.31. The second-order valence-electron chi connectivity index (χ2n) is 7.49. The Morgan fingerprint density at radius 3 is 2.45 bits per heavy atom. The minimum Gasteiger partial charge on any atom is -0.0853 e. The Bertz CT molecular complexity index is 435. The Morgan fingerprint density at radius 1 is 1.00 bits per heavy atom. The van der Waals surface area contributed by atoms with Crippen LogP contribution in [0.5, 0.6) is 0 Å². The van der Waals surface area contributed by atoms with Gasteiger partial charge in [0.1, 0.15) is 0 Å². The van der Waals surface area contributed by atoms with Crippen LogP contribution in [0.15, 0.2) is 34.9 Å². The van der Waals surface area contributed by atoms with Gasteiger partial charge in [-0.1, -0.05) is 55.7 Å². The van der Waals surface area contributed by atoms with E-state index >= 15 is 0 Å². The summed E-state index contributed by atoms with van der Waals surface area (Å²) in [5, 5.41) is 0. The van der Waals surface area contributed by atoms with Crippen molar-refractivity contribution in [2.75, 3.05) is 0 Å². The zero-order chi connectivity index (χ0) is 14.8. The van der Waals surface area contributed by atoms with Crippen molar-refractivity contribution in [3.63, 3.8) is 0 Å². The van der Waals surface area contributed by atoms with Gasteiger partial charge in [0.25, 0.3) is 0 Å². The molecule has 0 fully saturated rings. The molecule has 0 saturated carbocycles. The lowest BCUT2D eigenvalue weighted by Gasteiger charge is -2.45. The first-order valence-electron chi connectivity index (χ1n) is 8.43. The summed E-state index contributed by atoms with van der Waals surface area (Å²) in [6.45, 7) is 12.1. The van der Waals surface area contributed by atoms with Crippen LogP contribution in [0.1, 0.15) is 73.1 Å². The molecule has 0 aromatic heterocycles. The van der Waals surface area contributed by atoms with Crippen molar-refractivity contribution < 1.29 is 0 Å². The lowest BCUT2D eigenvalue weighted by Crippen LogP contribution is -2.36. The van der Waals surface area contributed by atoms with Crippen molar-refractivity contribution in [1.82, 2.24) is 0 Å². The molecule has 0 aromatic rings. The van der Waals surface area contributed by atoms with E-state index in [9.17, 15) is 0 Å². The summed E-state index contributed by atoms with van der Waals surface area (Å²) in [6.07, 6.45) is 15.0. The Labute approximate surface area is 126 Å². The Kier molecular flexibility index (Phi) is 4.94. The third-order valence-electron chi connectivity index (χ3n) is 6.18. The van der Waals surface area contributed by atoms with E-state index in [1.807, 2.05) is 0 Å². The monoisotopic (exact) mass is 272 g/mol. The van der Waals surface area contributed by atoms with Crippen LogP contribution in [-0.2, 0) is 0 Å². The maximum atomic E-state index is 2.54. The second kappa shape index (κ2) is 6.33. The molecule has 2 aliphatic carbocycles. The third kappa shape index (κ3) is 3.27. The Hall–Kier alpha value is -0.780. The highest BCUT2D eigenvalue weighted by atomic mass is 14.4. The van der Waals surface area contributed by atoms with Crippen molar-refractivity contribution in [3.05, 3.63) is 34.9 Å². The normalized spacial score (nSPS) is 36.1. The minimum atomic E-state index is 0.472. The fourth-order valence-corrected chi connectivity index (χ4v) is 3.86. The Morgan fingerprint density at radius 2 is 1.70 bits per heavy atom. The molecule has 2 bridgehead atoms.